The molecule has 2 atom stereocenters. The molecular formula is C26H26N8O. The molecule has 4 aromatic rings. The van der Waals surface area contributed by atoms with Gasteiger partial charge >= 0.3 is 0 Å². The Kier molecular flexibility index (Phi) is 4.38. The van der Waals surface area contributed by atoms with Crippen molar-refractivity contribution in [2.45, 2.75) is 38.5 Å². The Labute approximate surface area is 202 Å². The first-order chi connectivity index (χ1) is 17.1. The average molecular weight is 467 g/mol. The Morgan fingerprint density at radius 1 is 1.09 bits per heavy atom. The van der Waals surface area contributed by atoms with Crippen molar-refractivity contribution in [2.24, 2.45) is 0 Å². The smallest absolute Gasteiger partial charge is 0.251 e. The summed E-state index contributed by atoms with van der Waals surface area (Å²) in [5, 5.41) is 10.8. The molecule has 5 heterocycles. The minimum Gasteiger partial charge on any atom is -0.364 e. The highest BCUT2D eigenvalue weighted by atomic mass is 16.1. The number of piperazine rings is 1. The van der Waals surface area contributed by atoms with Gasteiger partial charge in [-0.2, -0.15) is 5.10 Å². The minimum absolute atomic E-state index is 0.0272. The van der Waals surface area contributed by atoms with Gasteiger partial charge in [-0.15, -0.1) is 0 Å². The van der Waals surface area contributed by atoms with Crippen LogP contribution in [0, 0.1) is 0 Å². The first-order valence-electron chi connectivity index (χ1n) is 12.1. The number of anilines is 3. The molecule has 176 valence electrons. The van der Waals surface area contributed by atoms with Crippen molar-refractivity contribution >= 4 is 28.7 Å². The van der Waals surface area contributed by atoms with Gasteiger partial charge in [0.25, 0.3) is 5.91 Å². The van der Waals surface area contributed by atoms with Crippen LogP contribution >= 0.6 is 0 Å². The molecule has 2 fully saturated rings. The highest BCUT2D eigenvalue weighted by Gasteiger charge is 2.52. The van der Waals surface area contributed by atoms with E-state index >= 15 is 0 Å². The van der Waals surface area contributed by atoms with E-state index in [1.165, 1.54) is 12.0 Å². The summed E-state index contributed by atoms with van der Waals surface area (Å²) in [7, 11) is 0. The summed E-state index contributed by atoms with van der Waals surface area (Å²) in [5.41, 5.74) is 6.33. The van der Waals surface area contributed by atoms with E-state index in [0.29, 0.717) is 36.1 Å². The maximum atomic E-state index is 11.9. The molecule has 2 aromatic carbocycles. The molecule has 9 heteroatoms. The molecule has 3 aliphatic heterocycles. The quantitative estimate of drug-likeness (QED) is 0.467. The molecule has 0 spiro atoms. The van der Waals surface area contributed by atoms with Crippen LogP contribution in [-0.4, -0.2) is 61.6 Å². The number of likely N-dealkylation sites (tertiary alicyclic amines) is 1. The van der Waals surface area contributed by atoms with Crippen LogP contribution in [0.5, 0.6) is 0 Å². The summed E-state index contributed by atoms with van der Waals surface area (Å²) >= 11 is 0. The Hall–Kier alpha value is -3.98. The van der Waals surface area contributed by atoms with Crippen molar-refractivity contribution in [1.82, 2.24) is 29.8 Å². The molecule has 1 amide bonds. The minimum atomic E-state index is -0.0272. The van der Waals surface area contributed by atoms with Crippen LogP contribution in [0.1, 0.15) is 29.8 Å². The number of carbonyl (C=O) groups is 1. The number of amides is 1. The fraction of sp³-hybridized carbons (Fsp3) is 0.308. The summed E-state index contributed by atoms with van der Waals surface area (Å²) < 4.78 is 1.79. The Balaban J connectivity index is 1.15. The maximum Gasteiger partial charge on any atom is 0.251 e. The van der Waals surface area contributed by atoms with E-state index in [2.05, 4.69) is 68.6 Å². The van der Waals surface area contributed by atoms with Crippen molar-refractivity contribution in [1.29, 1.82) is 0 Å². The van der Waals surface area contributed by atoms with Gasteiger partial charge in [-0.1, -0.05) is 12.1 Å². The van der Waals surface area contributed by atoms with Crippen molar-refractivity contribution in [3.8, 4) is 11.3 Å². The fourth-order valence-corrected chi connectivity index (χ4v) is 5.57. The zero-order valence-corrected chi connectivity index (χ0v) is 19.6. The van der Waals surface area contributed by atoms with Crippen LogP contribution in [0.4, 0.5) is 17.2 Å². The number of hydrogen-bond acceptors (Lipinski definition) is 7. The van der Waals surface area contributed by atoms with Crippen LogP contribution in [0.15, 0.2) is 55.0 Å². The van der Waals surface area contributed by atoms with E-state index in [0.717, 1.165) is 41.2 Å². The predicted molar refractivity (Wildman–Crippen MR) is 134 cm³/mol. The molecular weight excluding hydrogens is 440 g/mol. The van der Waals surface area contributed by atoms with Gasteiger partial charge in [-0.25, -0.2) is 14.5 Å². The van der Waals surface area contributed by atoms with Crippen LogP contribution in [0.2, 0.25) is 0 Å². The third-order valence-corrected chi connectivity index (χ3v) is 7.54. The second kappa shape index (κ2) is 7.51. The molecule has 9 nitrogen and oxygen atoms in total. The average Bonchev–Trinajstić information content (AvgIpc) is 3.48. The van der Waals surface area contributed by atoms with Gasteiger partial charge in [-0.3, -0.25) is 9.69 Å². The van der Waals surface area contributed by atoms with Gasteiger partial charge in [0.15, 0.2) is 11.5 Å². The van der Waals surface area contributed by atoms with Gasteiger partial charge < -0.3 is 15.5 Å². The zero-order valence-electron chi connectivity index (χ0n) is 19.6. The lowest BCUT2D eigenvalue weighted by atomic mass is 9.83. The third-order valence-electron chi connectivity index (χ3n) is 7.54. The Bertz CT molecular complexity index is 1480. The fourth-order valence-electron chi connectivity index (χ4n) is 5.57. The summed E-state index contributed by atoms with van der Waals surface area (Å²) in [6.45, 7) is 7.30. The molecule has 1 unspecified atom stereocenters. The number of rotatable bonds is 5. The highest BCUT2D eigenvalue weighted by molar-refractivity contribution is 5.98. The van der Waals surface area contributed by atoms with Gasteiger partial charge in [0, 0.05) is 54.2 Å². The van der Waals surface area contributed by atoms with Gasteiger partial charge in [0.1, 0.15) is 6.33 Å². The van der Waals surface area contributed by atoms with Crippen molar-refractivity contribution < 1.29 is 4.79 Å². The lowest BCUT2D eigenvalue weighted by Gasteiger charge is -2.64. The molecule has 2 aromatic heterocycles. The number of nitrogens with one attached hydrogen (secondary N) is 2. The van der Waals surface area contributed by atoms with Gasteiger partial charge in [0.2, 0.25) is 0 Å². The molecule has 2 saturated heterocycles. The summed E-state index contributed by atoms with van der Waals surface area (Å²) in [5.74, 6) is 0.623. The van der Waals surface area contributed by atoms with Crippen LogP contribution in [0.3, 0.4) is 0 Å². The highest BCUT2D eigenvalue weighted by Crippen LogP contribution is 2.39. The maximum absolute atomic E-state index is 11.9. The van der Waals surface area contributed by atoms with E-state index in [9.17, 15) is 4.79 Å². The summed E-state index contributed by atoms with van der Waals surface area (Å²) in [4.78, 5) is 26.1. The molecule has 2 N–H and O–H groups in total. The van der Waals surface area contributed by atoms with E-state index in [-0.39, 0.29) is 5.91 Å². The van der Waals surface area contributed by atoms with Crippen molar-refractivity contribution in [3.63, 3.8) is 0 Å². The normalized spacial score (nSPS) is 20.9. The largest absolute Gasteiger partial charge is 0.364 e. The topological polar surface area (TPSA) is 90.7 Å². The zero-order chi connectivity index (χ0) is 23.7. The molecule has 0 bridgehead atoms. The number of nitrogens with zero attached hydrogens (tertiary/aromatic N) is 6. The van der Waals surface area contributed by atoms with Crippen molar-refractivity contribution in [2.75, 3.05) is 23.3 Å². The number of aromatic nitrogens is 4. The second-order valence-electron chi connectivity index (χ2n) is 9.80. The summed E-state index contributed by atoms with van der Waals surface area (Å²) in [6, 6.07) is 16.2. The molecule has 35 heavy (non-hydrogen) atoms. The first-order valence-corrected chi connectivity index (χ1v) is 12.1. The monoisotopic (exact) mass is 466 g/mol. The van der Waals surface area contributed by atoms with Crippen molar-refractivity contribution in [3.05, 3.63) is 66.1 Å². The number of carbonyl (C=O) groups excluding carboxylic acids is 1. The third kappa shape index (κ3) is 3.11. The van der Waals surface area contributed by atoms with Crippen LogP contribution < -0.4 is 15.5 Å². The first kappa shape index (κ1) is 20.4. The number of benzene rings is 2. The Morgan fingerprint density at radius 3 is 2.83 bits per heavy atom. The van der Waals surface area contributed by atoms with Gasteiger partial charge in [-0.05, 0) is 49.7 Å². The number of hydrogen-bond donors (Lipinski definition) is 2. The lowest BCUT2D eigenvalue weighted by molar-refractivity contribution is -0.0139. The predicted octanol–water partition coefficient (Wildman–Crippen LogP) is 3.06. The van der Waals surface area contributed by atoms with Gasteiger partial charge in [0.05, 0.1) is 17.9 Å². The second-order valence-corrected chi connectivity index (χ2v) is 9.80. The van der Waals surface area contributed by atoms with E-state index in [4.69, 9.17) is 4.98 Å². The molecule has 0 radical (unpaired) electrons. The molecule has 7 rings (SSSR count). The summed E-state index contributed by atoms with van der Waals surface area (Å²) in [6.07, 6.45) is 3.34. The van der Waals surface area contributed by atoms with E-state index in [1.54, 1.807) is 10.7 Å². The van der Waals surface area contributed by atoms with Crippen LogP contribution in [-0.2, 0) is 6.54 Å². The van der Waals surface area contributed by atoms with Crippen LogP contribution in [0.25, 0.3) is 16.9 Å². The number of fused-ring (bicyclic) bond motifs is 3. The molecule has 0 aliphatic carbocycles. The molecule has 0 saturated carbocycles. The lowest BCUT2D eigenvalue weighted by Crippen LogP contribution is -2.80. The SMILES string of the molecule is CC(C)N1C[C@@H]2C1CN2c1cccc(Nc2ncc(-c3ccc4c(c3)CNC4=O)n3ncnc23)c1. The standard InChI is InChI=1S/C26H26N8O/c1-15(2)32-12-23-22(32)13-33(23)19-5-3-4-18(9-19)31-24-25-29-14-30-34(25)21(11-27-24)16-6-7-20-17(8-16)10-28-26(20)35/h3-9,11,14-15,22-23H,10,12-13H2,1-2H3,(H,27,31)(H,28,35)/t22?,23-/m1/s1. The van der Waals surface area contributed by atoms with E-state index in [1.807, 2.05) is 18.2 Å². The Morgan fingerprint density at radius 2 is 2.00 bits per heavy atom. The molecule has 3 aliphatic rings. The van der Waals surface area contributed by atoms with E-state index < -0.39 is 0 Å².